The summed E-state index contributed by atoms with van der Waals surface area (Å²) in [6.07, 6.45) is 5.76. The van der Waals surface area contributed by atoms with Crippen molar-refractivity contribution < 1.29 is 8.42 Å². The van der Waals surface area contributed by atoms with Crippen LogP contribution in [0.25, 0.3) is 11.4 Å². The highest BCUT2D eigenvalue weighted by Gasteiger charge is 2.28. The first-order valence-corrected chi connectivity index (χ1v) is 12.2. The van der Waals surface area contributed by atoms with Crippen molar-refractivity contribution in [2.75, 3.05) is 18.4 Å². The van der Waals surface area contributed by atoms with Crippen LogP contribution in [0.2, 0.25) is 0 Å². The number of rotatable bonds is 7. The van der Waals surface area contributed by atoms with Crippen molar-refractivity contribution in [3.63, 3.8) is 0 Å². The zero-order valence-electron chi connectivity index (χ0n) is 17.6. The predicted molar refractivity (Wildman–Crippen MR) is 122 cm³/mol. The molecule has 0 saturated carbocycles. The third-order valence-electron chi connectivity index (χ3n) is 5.47. The average molecular weight is 438 g/mol. The molecule has 3 heterocycles. The monoisotopic (exact) mass is 437 g/mol. The van der Waals surface area contributed by atoms with Crippen molar-refractivity contribution in [3.8, 4) is 11.4 Å². The van der Waals surface area contributed by atoms with E-state index >= 15 is 0 Å². The molecule has 0 bridgehead atoms. The molecule has 1 fully saturated rings. The Kier molecular flexibility index (Phi) is 6.58. The van der Waals surface area contributed by atoms with Gasteiger partial charge in [-0.1, -0.05) is 37.3 Å². The molecule has 1 aliphatic heterocycles. The molecule has 0 spiro atoms. The molecule has 162 valence electrons. The van der Waals surface area contributed by atoms with Crippen molar-refractivity contribution in [1.82, 2.24) is 19.3 Å². The van der Waals surface area contributed by atoms with Gasteiger partial charge in [0.15, 0.2) is 5.82 Å². The van der Waals surface area contributed by atoms with Crippen LogP contribution in [0.1, 0.15) is 31.0 Å². The first-order valence-electron chi connectivity index (χ1n) is 10.6. The van der Waals surface area contributed by atoms with Gasteiger partial charge < -0.3 is 5.32 Å². The molecule has 7 nitrogen and oxygen atoms in total. The Balaban J connectivity index is 1.41. The lowest BCUT2D eigenvalue weighted by Crippen LogP contribution is -2.42. The molecule has 0 amide bonds. The highest BCUT2D eigenvalue weighted by atomic mass is 32.2. The van der Waals surface area contributed by atoms with Gasteiger partial charge in [0.1, 0.15) is 5.82 Å². The number of hydrogen-bond donors (Lipinski definition) is 1. The van der Waals surface area contributed by atoms with Crippen molar-refractivity contribution >= 4 is 15.8 Å². The number of anilines is 1. The van der Waals surface area contributed by atoms with Crippen molar-refractivity contribution in [2.45, 2.75) is 38.0 Å². The van der Waals surface area contributed by atoms with Gasteiger partial charge in [0.2, 0.25) is 10.0 Å². The van der Waals surface area contributed by atoms with Gasteiger partial charge in [0.05, 0.1) is 5.75 Å². The minimum absolute atomic E-state index is 0.0486. The smallest absolute Gasteiger partial charge is 0.218 e. The third kappa shape index (κ3) is 5.45. The van der Waals surface area contributed by atoms with E-state index in [2.05, 4.69) is 27.2 Å². The molecule has 2 aromatic heterocycles. The fraction of sp³-hybridized carbons (Fsp3) is 0.348. The van der Waals surface area contributed by atoms with Gasteiger partial charge in [0, 0.05) is 48.8 Å². The molecule has 1 aliphatic rings. The number of piperidine rings is 1. The molecule has 0 radical (unpaired) electrons. The Morgan fingerprint density at radius 3 is 2.42 bits per heavy atom. The molecule has 4 rings (SSSR count). The molecule has 0 atom stereocenters. The first-order chi connectivity index (χ1) is 15.0. The second kappa shape index (κ2) is 9.53. The van der Waals surface area contributed by atoms with E-state index in [-0.39, 0.29) is 11.8 Å². The van der Waals surface area contributed by atoms with Crippen LogP contribution in [0.4, 0.5) is 5.82 Å². The summed E-state index contributed by atoms with van der Waals surface area (Å²) in [4.78, 5) is 13.4. The quantitative estimate of drug-likeness (QED) is 0.609. The predicted octanol–water partition coefficient (Wildman–Crippen LogP) is 3.51. The summed E-state index contributed by atoms with van der Waals surface area (Å²) in [5.74, 6) is 1.50. The van der Waals surface area contributed by atoms with E-state index in [9.17, 15) is 8.42 Å². The lowest BCUT2D eigenvalue weighted by Gasteiger charge is -2.32. The van der Waals surface area contributed by atoms with E-state index in [0.717, 1.165) is 41.9 Å². The second-order valence-electron chi connectivity index (χ2n) is 7.72. The summed E-state index contributed by atoms with van der Waals surface area (Å²) in [7, 11) is -3.31. The maximum absolute atomic E-state index is 12.8. The number of benzene rings is 1. The molecule has 0 aliphatic carbocycles. The highest BCUT2D eigenvalue weighted by Crippen LogP contribution is 2.22. The molecular formula is C23H27N5O2S. The number of nitrogens with zero attached hydrogens (tertiary/aromatic N) is 4. The number of hydrogen-bond acceptors (Lipinski definition) is 6. The van der Waals surface area contributed by atoms with Crippen LogP contribution in [0, 0.1) is 0 Å². The van der Waals surface area contributed by atoms with E-state index in [4.69, 9.17) is 0 Å². The summed E-state index contributed by atoms with van der Waals surface area (Å²) in [6, 6.07) is 15.3. The summed E-state index contributed by atoms with van der Waals surface area (Å²) in [6.45, 7) is 3.09. The van der Waals surface area contributed by atoms with Crippen LogP contribution >= 0.6 is 0 Å². The Labute approximate surface area is 183 Å². The van der Waals surface area contributed by atoms with E-state index in [1.807, 2.05) is 48.5 Å². The maximum atomic E-state index is 12.8. The number of nitrogens with one attached hydrogen (secondary N) is 1. The van der Waals surface area contributed by atoms with Crippen LogP contribution in [0.5, 0.6) is 0 Å². The number of aromatic nitrogens is 3. The third-order valence-corrected chi connectivity index (χ3v) is 7.32. The topological polar surface area (TPSA) is 88.1 Å². The van der Waals surface area contributed by atoms with Crippen molar-refractivity contribution in [2.24, 2.45) is 0 Å². The van der Waals surface area contributed by atoms with Gasteiger partial charge in [-0.25, -0.2) is 22.7 Å². The molecule has 8 heteroatoms. The largest absolute Gasteiger partial charge is 0.367 e. The van der Waals surface area contributed by atoms with Gasteiger partial charge in [0.25, 0.3) is 0 Å². The second-order valence-corrected chi connectivity index (χ2v) is 9.69. The highest BCUT2D eigenvalue weighted by molar-refractivity contribution is 7.88. The number of sulfonamides is 1. The van der Waals surface area contributed by atoms with Gasteiger partial charge >= 0.3 is 0 Å². The summed E-state index contributed by atoms with van der Waals surface area (Å²) in [5, 5.41) is 3.50. The van der Waals surface area contributed by atoms with Crippen LogP contribution < -0.4 is 5.32 Å². The van der Waals surface area contributed by atoms with E-state index in [1.54, 1.807) is 16.7 Å². The maximum Gasteiger partial charge on any atom is 0.218 e. The molecule has 1 N–H and O–H groups in total. The zero-order chi connectivity index (χ0) is 21.7. The minimum atomic E-state index is -3.31. The molecule has 1 saturated heterocycles. The molecule has 0 unspecified atom stereocenters. The van der Waals surface area contributed by atoms with Gasteiger partial charge in [-0.15, -0.1) is 0 Å². The lowest BCUT2D eigenvalue weighted by atomic mass is 10.1. The number of aryl methyl sites for hydroxylation is 1. The first kappa shape index (κ1) is 21.4. The SMILES string of the molecule is CCc1cc(NC2CCN(S(=O)(=O)Cc3ccccc3)CC2)nc(-c2ccncc2)n1. The van der Waals surface area contributed by atoms with Crippen LogP contribution in [0.15, 0.2) is 60.9 Å². The molecule has 3 aromatic rings. The Hall–Kier alpha value is -2.84. The molecule has 1 aromatic carbocycles. The van der Waals surface area contributed by atoms with Crippen molar-refractivity contribution in [1.29, 1.82) is 0 Å². The Morgan fingerprint density at radius 2 is 1.74 bits per heavy atom. The minimum Gasteiger partial charge on any atom is -0.367 e. The lowest BCUT2D eigenvalue weighted by molar-refractivity contribution is 0.329. The standard InChI is InChI=1S/C23H27N5O2S/c1-2-20-16-22(27-23(26-20)19-8-12-24-13-9-19)25-21-10-14-28(15-11-21)31(29,30)17-18-6-4-3-5-7-18/h3-9,12-13,16,21H,2,10-11,14-15,17H2,1H3,(H,25,26,27). The van der Waals surface area contributed by atoms with Crippen LogP contribution in [-0.4, -0.2) is 46.8 Å². The van der Waals surface area contributed by atoms with E-state index < -0.39 is 10.0 Å². The van der Waals surface area contributed by atoms with Gasteiger partial charge in [-0.3, -0.25) is 4.98 Å². The summed E-state index contributed by atoms with van der Waals surface area (Å²) in [5.41, 5.74) is 2.71. The fourth-order valence-electron chi connectivity index (χ4n) is 3.75. The van der Waals surface area contributed by atoms with E-state index in [1.165, 1.54) is 0 Å². The molecular weight excluding hydrogens is 410 g/mol. The van der Waals surface area contributed by atoms with Gasteiger partial charge in [-0.2, -0.15) is 0 Å². The normalized spacial score (nSPS) is 15.6. The van der Waals surface area contributed by atoms with Crippen LogP contribution in [-0.2, 0) is 22.2 Å². The molecule has 31 heavy (non-hydrogen) atoms. The Morgan fingerprint density at radius 1 is 1.03 bits per heavy atom. The van der Waals surface area contributed by atoms with Crippen molar-refractivity contribution in [3.05, 3.63) is 72.2 Å². The summed E-state index contributed by atoms with van der Waals surface area (Å²) >= 11 is 0. The zero-order valence-corrected chi connectivity index (χ0v) is 18.4. The van der Waals surface area contributed by atoms with Gasteiger partial charge in [-0.05, 0) is 37.0 Å². The van der Waals surface area contributed by atoms with Crippen LogP contribution in [0.3, 0.4) is 0 Å². The van der Waals surface area contributed by atoms with E-state index in [0.29, 0.717) is 18.9 Å². The average Bonchev–Trinajstić information content (AvgIpc) is 2.80. The fourth-order valence-corrected chi connectivity index (χ4v) is 5.31. The number of pyridine rings is 1. The Bertz CT molecular complexity index is 1100. The summed E-state index contributed by atoms with van der Waals surface area (Å²) < 4.78 is 27.2.